The van der Waals surface area contributed by atoms with E-state index in [0.29, 0.717) is 42.2 Å². The zero-order valence-electron chi connectivity index (χ0n) is 14.0. The Hall–Kier alpha value is -2.32. The molecule has 0 radical (unpaired) electrons. The Kier molecular flexibility index (Phi) is 6.30. The van der Waals surface area contributed by atoms with Gasteiger partial charge in [0, 0.05) is 11.6 Å². The maximum absolute atomic E-state index is 5.98. The Labute approximate surface area is 164 Å². The summed E-state index contributed by atoms with van der Waals surface area (Å²) in [4.78, 5) is 0. The van der Waals surface area contributed by atoms with E-state index in [1.165, 1.54) is 0 Å². The molecule has 0 fully saturated rings. The van der Waals surface area contributed by atoms with Crippen LogP contribution in [0.25, 0.3) is 0 Å². The molecule has 0 aliphatic carbocycles. The van der Waals surface area contributed by atoms with E-state index >= 15 is 0 Å². The SMILES string of the molecule is CCOc1cc(CNc2nn[nH]n2)cc(Br)c1OCc1ccc(Cl)cc1. The summed E-state index contributed by atoms with van der Waals surface area (Å²) in [7, 11) is 0. The average molecular weight is 439 g/mol. The fourth-order valence-corrected chi connectivity index (χ4v) is 3.01. The lowest BCUT2D eigenvalue weighted by Crippen LogP contribution is -2.04. The number of rotatable bonds is 8. The van der Waals surface area contributed by atoms with Crippen molar-refractivity contribution in [1.29, 1.82) is 0 Å². The van der Waals surface area contributed by atoms with Gasteiger partial charge in [0.15, 0.2) is 11.5 Å². The summed E-state index contributed by atoms with van der Waals surface area (Å²) in [5.74, 6) is 1.76. The molecule has 2 N–H and O–H groups in total. The van der Waals surface area contributed by atoms with Gasteiger partial charge in [0.25, 0.3) is 5.95 Å². The lowest BCUT2D eigenvalue weighted by Gasteiger charge is -2.16. The van der Waals surface area contributed by atoms with Gasteiger partial charge in [-0.15, -0.1) is 5.10 Å². The van der Waals surface area contributed by atoms with Crippen LogP contribution < -0.4 is 14.8 Å². The number of aromatic nitrogens is 4. The molecule has 3 rings (SSSR count). The molecule has 0 aliphatic heterocycles. The average Bonchev–Trinajstić information content (AvgIpc) is 3.14. The smallest absolute Gasteiger partial charge is 0.263 e. The molecule has 9 heteroatoms. The molecule has 0 saturated carbocycles. The van der Waals surface area contributed by atoms with Gasteiger partial charge >= 0.3 is 0 Å². The Morgan fingerprint density at radius 2 is 1.96 bits per heavy atom. The van der Waals surface area contributed by atoms with E-state index in [2.05, 4.69) is 41.9 Å². The second-order valence-corrected chi connectivity index (χ2v) is 6.63. The minimum atomic E-state index is 0.413. The number of nitrogens with zero attached hydrogens (tertiary/aromatic N) is 3. The third kappa shape index (κ3) is 4.86. The van der Waals surface area contributed by atoms with E-state index < -0.39 is 0 Å². The minimum Gasteiger partial charge on any atom is -0.490 e. The van der Waals surface area contributed by atoms with Gasteiger partial charge in [-0.1, -0.05) is 28.8 Å². The third-order valence-corrected chi connectivity index (χ3v) is 4.30. The van der Waals surface area contributed by atoms with Crippen LogP contribution in [0.1, 0.15) is 18.1 Å². The molecule has 0 spiro atoms. The van der Waals surface area contributed by atoms with Gasteiger partial charge in [-0.05, 0) is 63.5 Å². The first-order valence-corrected chi connectivity index (χ1v) is 9.12. The van der Waals surface area contributed by atoms with Gasteiger partial charge in [-0.2, -0.15) is 5.21 Å². The summed E-state index contributed by atoms with van der Waals surface area (Å²) >= 11 is 9.48. The highest BCUT2D eigenvalue weighted by atomic mass is 79.9. The Bertz CT molecular complexity index is 843. The van der Waals surface area contributed by atoms with Crippen molar-refractivity contribution in [1.82, 2.24) is 20.6 Å². The standard InChI is InChI=1S/C17H17BrClN5O2/c1-2-25-15-8-12(9-20-17-21-23-24-22-17)7-14(18)16(15)26-10-11-3-5-13(19)6-4-11/h3-8H,2,9-10H2,1H3,(H2,20,21,22,23,24). The predicted molar refractivity (Wildman–Crippen MR) is 103 cm³/mol. The number of tetrazole rings is 1. The minimum absolute atomic E-state index is 0.413. The molecule has 136 valence electrons. The molecule has 3 aromatic rings. The predicted octanol–water partition coefficient (Wildman–Crippen LogP) is 4.21. The molecule has 0 bridgehead atoms. The van der Waals surface area contributed by atoms with Crippen LogP contribution in [0.2, 0.25) is 5.02 Å². The van der Waals surface area contributed by atoms with Gasteiger partial charge in [0.05, 0.1) is 11.1 Å². The first-order chi connectivity index (χ1) is 12.7. The summed E-state index contributed by atoms with van der Waals surface area (Å²) in [5, 5.41) is 17.4. The first kappa shape index (κ1) is 18.5. The summed E-state index contributed by atoms with van der Waals surface area (Å²) < 4.78 is 12.5. The molecule has 0 unspecified atom stereocenters. The van der Waals surface area contributed by atoms with Crippen molar-refractivity contribution in [3.63, 3.8) is 0 Å². The molecule has 7 nitrogen and oxygen atoms in total. The van der Waals surface area contributed by atoms with E-state index in [-0.39, 0.29) is 0 Å². The second-order valence-electron chi connectivity index (χ2n) is 5.34. The van der Waals surface area contributed by atoms with Crippen LogP contribution in [0.3, 0.4) is 0 Å². The van der Waals surface area contributed by atoms with Crippen LogP contribution >= 0.6 is 27.5 Å². The molecule has 0 atom stereocenters. The summed E-state index contributed by atoms with van der Waals surface area (Å²) in [6.45, 7) is 3.40. The zero-order chi connectivity index (χ0) is 18.4. The van der Waals surface area contributed by atoms with Crippen LogP contribution in [-0.4, -0.2) is 27.2 Å². The molecular weight excluding hydrogens is 422 g/mol. The molecule has 0 amide bonds. The third-order valence-electron chi connectivity index (χ3n) is 3.46. The quantitative estimate of drug-likeness (QED) is 0.548. The number of hydrogen-bond donors (Lipinski definition) is 2. The highest BCUT2D eigenvalue weighted by Gasteiger charge is 2.13. The highest BCUT2D eigenvalue weighted by Crippen LogP contribution is 2.37. The van der Waals surface area contributed by atoms with Gasteiger partial charge < -0.3 is 14.8 Å². The van der Waals surface area contributed by atoms with E-state index in [1.807, 2.05) is 43.3 Å². The van der Waals surface area contributed by atoms with Crippen LogP contribution in [0, 0.1) is 0 Å². The maximum Gasteiger partial charge on any atom is 0.263 e. The normalized spacial score (nSPS) is 10.6. The largest absolute Gasteiger partial charge is 0.490 e. The number of ether oxygens (including phenoxy) is 2. The number of halogens is 2. The van der Waals surface area contributed by atoms with E-state index in [0.717, 1.165) is 15.6 Å². The molecular formula is C17H17BrClN5O2. The number of H-pyrrole nitrogens is 1. The summed E-state index contributed by atoms with van der Waals surface area (Å²) in [6, 6.07) is 11.4. The lowest BCUT2D eigenvalue weighted by atomic mass is 10.2. The molecule has 0 saturated heterocycles. The first-order valence-electron chi connectivity index (χ1n) is 7.95. The maximum atomic E-state index is 5.98. The highest BCUT2D eigenvalue weighted by molar-refractivity contribution is 9.10. The molecule has 1 aromatic heterocycles. The summed E-state index contributed by atoms with van der Waals surface area (Å²) in [5.41, 5.74) is 2.01. The van der Waals surface area contributed by atoms with Gasteiger partial charge in [0.1, 0.15) is 6.61 Å². The van der Waals surface area contributed by atoms with Crippen molar-refractivity contribution in [2.45, 2.75) is 20.1 Å². The number of nitrogens with one attached hydrogen (secondary N) is 2. The van der Waals surface area contributed by atoms with Gasteiger partial charge in [-0.25, -0.2) is 0 Å². The van der Waals surface area contributed by atoms with Crippen molar-refractivity contribution in [2.75, 3.05) is 11.9 Å². The molecule has 2 aromatic carbocycles. The number of anilines is 1. The number of benzene rings is 2. The fourth-order valence-electron chi connectivity index (χ4n) is 2.28. The van der Waals surface area contributed by atoms with Crippen molar-refractivity contribution in [3.8, 4) is 11.5 Å². The second kappa shape index (κ2) is 8.86. The Morgan fingerprint density at radius 3 is 2.65 bits per heavy atom. The van der Waals surface area contributed by atoms with E-state index in [9.17, 15) is 0 Å². The topological polar surface area (TPSA) is 85.0 Å². The molecule has 1 heterocycles. The van der Waals surface area contributed by atoms with Crippen molar-refractivity contribution in [2.24, 2.45) is 0 Å². The fraction of sp³-hybridized carbons (Fsp3) is 0.235. The zero-order valence-corrected chi connectivity index (χ0v) is 16.3. The Balaban J connectivity index is 1.74. The van der Waals surface area contributed by atoms with E-state index in [4.69, 9.17) is 21.1 Å². The monoisotopic (exact) mass is 437 g/mol. The van der Waals surface area contributed by atoms with Gasteiger partial charge in [0.2, 0.25) is 0 Å². The van der Waals surface area contributed by atoms with Crippen LogP contribution in [-0.2, 0) is 13.2 Å². The van der Waals surface area contributed by atoms with Gasteiger partial charge in [-0.3, -0.25) is 0 Å². The van der Waals surface area contributed by atoms with Crippen molar-refractivity contribution >= 4 is 33.5 Å². The lowest BCUT2D eigenvalue weighted by molar-refractivity contribution is 0.267. The molecule has 26 heavy (non-hydrogen) atoms. The van der Waals surface area contributed by atoms with Crippen LogP contribution in [0.4, 0.5) is 5.95 Å². The van der Waals surface area contributed by atoms with Crippen molar-refractivity contribution < 1.29 is 9.47 Å². The number of hydrogen-bond acceptors (Lipinski definition) is 6. The molecule has 0 aliphatic rings. The number of aromatic amines is 1. The van der Waals surface area contributed by atoms with E-state index in [1.54, 1.807) is 0 Å². The van der Waals surface area contributed by atoms with Crippen molar-refractivity contribution in [3.05, 3.63) is 57.0 Å². The summed E-state index contributed by atoms with van der Waals surface area (Å²) in [6.07, 6.45) is 0. The van der Waals surface area contributed by atoms with Crippen LogP contribution in [0.15, 0.2) is 40.9 Å². The Morgan fingerprint density at radius 1 is 1.15 bits per heavy atom. The van der Waals surface area contributed by atoms with Crippen LogP contribution in [0.5, 0.6) is 11.5 Å².